The first-order valence-corrected chi connectivity index (χ1v) is 6.51. The van der Waals surface area contributed by atoms with Gasteiger partial charge in [-0.15, -0.1) is 0 Å². The normalized spacial score (nSPS) is 9.00. The summed E-state index contributed by atoms with van der Waals surface area (Å²) in [6.45, 7) is 14.7. The van der Waals surface area contributed by atoms with Crippen molar-refractivity contribution in [3.05, 3.63) is 0 Å². The van der Waals surface area contributed by atoms with E-state index in [1.165, 1.54) is 0 Å². The van der Waals surface area contributed by atoms with Crippen molar-refractivity contribution < 1.29 is 73.6 Å². The molecular formula is Cl3LuYb. The first-order chi connectivity index (χ1) is 1.73. The van der Waals surface area contributed by atoms with Crippen LogP contribution in [0.4, 0.5) is 0 Å². The molecule has 0 bridgehead atoms. The number of hydrogen-bond acceptors (Lipinski definition) is 0. The molecule has 0 radical (unpaired) electrons. The van der Waals surface area contributed by atoms with Gasteiger partial charge >= 0.3 is 46.3 Å². The Morgan fingerprint density at radius 1 is 1.00 bits per heavy atom. The van der Waals surface area contributed by atoms with Crippen LogP contribution < -0.4 is 0 Å². The molecule has 0 nitrogen and oxygen atoms in total. The third kappa shape index (κ3) is 18.4. The van der Waals surface area contributed by atoms with Gasteiger partial charge in [-0.05, 0) is 0 Å². The SMILES string of the molecule is [Cl][Lu]([Cl])[Cl].[Yb]. The van der Waals surface area contributed by atoms with Crippen LogP contribution in [0.25, 0.3) is 0 Å². The van der Waals surface area contributed by atoms with Gasteiger partial charge in [-0.25, -0.2) is 0 Å². The summed E-state index contributed by atoms with van der Waals surface area (Å²) < 4.78 is 0. The van der Waals surface area contributed by atoms with E-state index in [0.717, 1.165) is 0 Å². The molecule has 0 aromatic heterocycles. The number of hydrogen-bond donors (Lipinski definition) is 0. The molecule has 0 aromatic rings. The smallest absolute Gasteiger partial charge is 0 e. The quantitative estimate of drug-likeness (QED) is 0.526. The minimum atomic E-state index is -1.53. The summed E-state index contributed by atoms with van der Waals surface area (Å²) in [5.74, 6) is 0. The molecule has 0 amide bonds. The van der Waals surface area contributed by atoms with E-state index in [2.05, 4.69) is 0 Å². The van der Waals surface area contributed by atoms with Crippen LogP contribution >= 0.6 is 19.7 Å². The van der Waals surface area contributed by atoms with Gasteiger partial charge in [-0.1, -0.05) is 0 Å². The first kappa shape index (κ1) is 11.4. The van der Waals surface area contributed by atoms with Gasteiger partial charge in [-0.3, -0.25) is 0 Å². The van der Waals surface area contributed by atoms with E-state index in [4.69, 9.17) is 19.7 Å². The molecule has 0 aliphatic heterocycles. The van der Waals surface area contributed by atoms with E-state index in [0.29, 0.717) is 0 Å². The Morgan fingerprint density at radius 3 is 1.00 bits per heavy atom. The first-order valence-electron chi connectivity index (χ1n) is 0.293. The van der Waals surface area contributed by atoms with Gasteiger partial charge in [0.1, 0.15) is 0 Å². The Balaban J connectivity index is 0. The van der Waals surface area contributed by atoms with Gasteiger partial charge < -0.3 is 0 Å². The maximum absolute atomic E-state index is 4.92. The fourth-order valence-corrected chi connectivity index (χ4v) is 0. The van der Waals surface area contributed by atoms with Gasteiger partial charge in [0, 0.05) is 46.9 Å². The second-order valence-corrected chi connectivity index (χ2v) is 7.39. The molecule has 0 spiro atoms. The predicted molar refractivity (Wildman–Crippen MR) is 17.6 cm³/mol. The average molecular weight is 454 g/mol. The molecule has 0 atom stereocenters. The number of halogens is 3. The average Bonchev–Trinajstić information content (AvgIpc) is 0.811. The minimum Gasteiger partial charge on any atom is 0 e. The van der Waals surface area contributed by atoms with Gasteiger partial charge in [0.15, 0.2) is 0 Å². The van der Waals surface area contributed by atoms with E-state index in [1.54, 1.807) is 0 Å². The molecule has 0 saturated carbocycles. The van der Waals surface area contributed by atoms with E-state index >= 15 is 0 Å². The summed E-state index contributed by atoms with van der Waals surface area (Å²) in [7, 11) is 0. The topological polar surface area (TPSA) is 0 Å². The van der Waals surface area contributed by atoms with E-state index in [9.17, 15) is 0 Å². The number of rotatable bonds is 0. The van der Waals surface area contributed by atoms with Crippen LogP contribution in [0.5, 0.6) is 0 Å². The molecule has 0 aliphatic rings. The molecule has 5 heteroatoms. The molecule has 5 heavy (non-hydrogen) atoms. The Bertz CT molecular complexity index is 11.6. The molecular weight excluding hydrogens is 454 g/mol. The molecule has 0 saturated heterocycles. The minimum absolute atomic E-state index is 0. The van der Waals surface area contributed by atoms with Crippen LogP contribution in [0, 0.1) is 73.6 Å². The van der Waals surface area contributed by atoms with Crippen molar-refractivity contribution >= 4 is 19.7 Å². The molecule has 0 rings (SSSR count). The van der Waals surface area contributed by atoms with E-state index in [-0.39, 0.29) is 46.9 Å². The standard InChI is InChI=1S/3ClH.Lu.Yb/h3*1H;;/q;;;+3;/p-3. The van der Waals surface area contributed by atoms with E-state index in [1.807, 2.05) is 0 Å². The van der Waals surface area contributed by atoms with Crippen LogP contribution in [-0.4, -0.2) is 0 Å². The maximum atomic E-state index is 4.92. The van der Waals surface area contributed by atoms with Crippen molar-refractivity contribution in [2.45, 2.75) is 0 Å². The summed E-state index contributed by atoms with van der Waals surface area (Å²) in [6, 6.07) is 0. The van der Waals surface area contributed by atoms with Crippen molar-refractivity contribution in [2.24, 2.45) is 0 Å². The van der Waals surface area contributed by atoms with Crippen LogP contribution in [0.3, 0.4) is 0 Å². The Morgan fingerprint density at radius 2 is 1.00 bits per heavy atom. The van der Waals surface area contributed by atoms with Crippen LogP contribution in [0.1, 0.15) is 0 Å². The van der Waals surface area contributed by atoms with Crippen LogP contribution in [0.15, 0.2) is 0 Å². The zero-order valence-electron chi connectivity index (χ0n) is 1.66. The Labute approximate surface area is 90.1 Å². The molecule has 0 aromatic carbocycles. The summed E-state index contributed by atoms with van der Waals surface area (Å²) in [6.07, 6.45) is 0. The second kappa shape index (κ2) is 7.62. The third-order valence-corrected chi connectivity index (χ3v) is 0. The van der Waals surface area contributed by atoms with Gasteiger partial charge in [0.05, 0.1) is 0 Å². The Hall–Kier alpha value is 3.62. The summed E-state index contributed by atoms with van der Waals surface area (Å²) >= 11 is -1.53. The maximum Gasteiger partial charge on any atom is 0 e. The van der Waals surface area contributed by atoms with Crippen molar-refractivity contribution in [1.82, 2.24) is 0 Å². The fourth-order valence-electron chi connectivity index (χ4n) is 0. The molecule has 0 N–H and O–H groups in total. The van der Waals surface area contributed by atoms with Gasteiger partial charge in [-0.2, -0.15) is 0 Å². The van der Waals surface area contributed by atoms with Crippen LogP contribution in [0.2, 0.25) is 0 Å². The largest absolute Gasteiger partial charge is 0 e. The zero-order chi connectivity index (χ0) is 3.58. The Kier molecular flexibility index (Phi) is 17.4. The molecule has 0 heterocycles. The van der Waals surface area contributed by atoms with Gasteiger partial charge in [0.2, 0.25) is 0 Å². The van der Waals surface area contributed by atoms with E-state index < -0.39 is 26.7 Å². The summed E-state index contributed by atoms with van der Waals surface area (Å²) in [4.78, 5) is 0. The third-order valence-electron chi connectivity index (χ3n) is 0. The second-order valence-electron chi connectivity index (χ2n) is 0.111. The summed E-state index contributed by atoms with van der Waals surface area (Å²) in [5, 5.41) is 0. The zero-order valence-corrected chi connectivity index (χ0v) is 7.30. The fraction of sp³-hybridized carbons (Fsp3) is 0. The molecule has 0 unspecified atom stereocenters. The van der Waals surface area contributed by atoms with Gasteiger partial charge in [0.25, 0.3) is 0 Å². The molecule has 0 aliphatic carbocycles. The monoisotopic (exact) mass is 454 g/mol. The van der Waals surface area contributed by atoms with Crippen molar-refractivity contribution in [3.63, 3.8) is 0 Å². The summed E-state index contributed by atoms with van der Waals surface area (Å²) in [5.41, 5.74) is 0. The predicted octanol–water partition coefficient (Wildman–Crippen LogP) is 2.07. The molecule has 0 fully saturated rings. The van der Waals surface area contributed by atoms with Crippen molar-refractivity contribution in [3.8, 4) is 0 Å². The van der Waals surface area contributed by atoms with Crippen molar-refractivity contribution in [2.75, 3.05) is 0 Å². The van der Waals surface area contributed by atoms with Crippen molar-refractivity contribution in [1.29, 1.82) is 0 Å². The molecule has 50 valence electrons. The van der Waals surface area contributed by atoms with Crippen LogP contribution in [-0.2, 0) is 0 Å².